The third-order valence-corrected chi connectivity index (χ3v) is 5.32. The predicted molar refractivity (Wildman–Crippen MR) is 88.5 cm³/mol. The summed E-state index contributed by atoms with van der Waals surface area (Å²) in [6.07, 6.45) is 4.88. The zero-order valence-electron chi connectivity index (χ0n) is 14.6. The minimum atomic E-state index is -0.838. The van der Waals surface area contributed by atoms with Gasteiger partial charge in [-0.15, -0.1) is 0 Å². The highest BCUT2D eigenvalue weighted by Crippen LogP contribution is 2.39. The van der Waals surface area contributed by atoms with Gasteiger partial charge in [-0.2, -0.15) is 4.98 Å². The van der Waals surface area contributed by atoms with E-state index in [1.807, 2.05) is 0 Å². The van der Waals surface area contributed by atoms with Crippen molar-refractivity contribution in [2.24, 2.45) is 5.92 Å². The highest BCUT2D eigenvalue weighted by Gasteiger charge is 2.34. The number of aliphatic carboxylic acids is 1. The molecule has 1 aromatic rings. The number of nitrogens with one attached hydrogen (secondary N) is 1. The number of rotatable bonds is 5. The summed E-state index contributed by atoms with van der Waals surface area (Å²) in [5.74, 6) is 0.442. The molecule has 0 bridgehead atoms. The molecule has 4 rings (SSSR count). The van der Waals surface area contributed by atoms with Gasteiger partial charge < -0.3 is 24.6 Å². The number of nitrogens with zero attached hydrogens (tertiary/aromatic N) is 3. The minimum Gasteiger partial charge on any atom is -0.481 e. The van der Waals surface area contributed by atoms with Gasteiger partial charge in [0.1, 0.15) is 6.10 Å². The number of carbonyl (C=O) groups is 2. The number of carbonyl (C=O) groups excluding carboxylic acids is 1. The number of amides is 2. The zero-order chi connectivity index (χ0) is 18.1. The molecule has 142 valence electrons. The molecular weight excluding hydrogens is 340 g/mol. The summed E-state index contributed by atoms with van der Waals surface area (Å²) in [6, 6.07) is -0.225. The van der Waals surface area contributed by atoms with Crippen molar-refractivity contribution in [3.05, 3.63) is 11.7 Å². The van der Waals surface area contributed by atoms with Crippen LogP contribution in [0, 0.1) is 5.92 Å². The summed E-state index contributed by atoms with van der Waals surface area (Å²) in [7, 11) is 0. The molecule has 9 heteroatoms. The summed E-state index contributed by atoms with van der Waals surface area (Å²) in [5.41, 5.74) is 0. The van der Waals surface area contributed by atoms with Gasteiger partial charge in [0.25, 0.3) is 5.89 Å². The Bertz CT molecular complexity index is 674. The van der Waals surface area contributed by atoms with Gasteiger partial charge in [-0.3, -0.25) is 4.79 Å². The molecule has 9 nitrogen and oxygen atoms in total. The van der Waals surface area contributed by atoms with Gasteiger partial charge >= 0.3 is 12.0 Å². The Balaban J connectivity index is 1.23. The highest BCUT2D eigenvalue weighted by molar-refractivity contribution is 5.76. The quantitative estimate of drug-likeness (QED) is 0.816. The van der Waals surface area contributed by atoms with Gasteiger partial charge in [0, 0.05) is 25.6 Å². The molecule has 2 saturated heterocycles. The topological polar surface area (TPSA) is 118 Å². The molecule has 1 aliphatic carbocycles. The molecule has 2 N–H and O–H groups in total. The monoisotopic (exact) mass is 364 g/mol. The average Bonchev–Trinajstić information content (AvgIpc) is 3.19. The van der Waals surface area contributed by atoms with Gasteiger partial charge in [0.2, 0.25) is 0 Å². The van der Waals surface area contributed by atoms with E-state index in [9.17, 15) is 9.59 Å². The van der Waals surface area contributed by atoms with Crippen molar-refractivity contribution in [2.75, 3.05) is 19.6 Å². The van der Waals surface area contributed by atoms with E-state index in [0.717, 1.165) is 31.5 Å². The van der Waals surface area contributed by atoms with Crippen molar-refractivity contribution in [1.82, 2.24) is 20.4 Å². The molecule has 3 fully saturated rings. The number of carboxylic acid groups (broad SMARTS) is 1. The lowest BCUT2D eigenvalue weighted by molar-refractivity contribution is -0.143. The summed E-state index contributed by atoms with van der Waals surface area (Å²) in [4.78, 5) is 29.4. The van der Waals surface area contributed by atoms with Crippen LogP contribution in [0.25, 0.3) is 0 Å². The van der Waals surface area contributed by atoms with Gasteiger partial charge in [-0.1, -0.05) is 5.16 Å². The molecule has 3 aliphatic rings. The fraction of sp³-hybridized carbons (Fsp3) is 0.765. The Kier molecular flexibility index (Phi) is 4.80. The maximum Gasteiger partial charge on any atom is 0.317 e. The van der Waals surface area contributed by atoms with Crippen LogP contribution in [0.4, 0.5) is 4.79 Å². The molecule has 0 spiro atoms. The smallest absolute Gasteiger partial charge is 0.317 e. The van der Waals surface area contributed by atoms with Crippen LogP contribution in [0.1, 0.15) is 62.3 Å². The van der Waals surface area contributed by atoms with E-state index in [2.05, 4.69) is 15.5 Å². The molecular formula is C17H24N4O5. The summed E-state index contributed by atoms with van der Waals surface area (Å²) < 4.78 is 11.3. The molecule has 0 aromatic carbocycles. The zero-order valence-corrected chi connectivity index (χ0v) is 14.6. The number of hydrogen-bond acceptors (Lipinski definition) is 6. The Morgan fingerprint density at radius 2 is 2.08 bits per heavy atom. The number of carboxylic acids is 1. The van der Waals surface area contributed by atoms with E-state index < -0.39 is 11.9 Å². The minimum absolute atomic E-state index is 0.0970. The Labute approximate surface area is 151 Å². The van der Waals surface area contributed by atoms with Crippen molar-refractivity contribution in [2.45, 2.75) is 56.7 Å². The van der Waals surface area contributed by atoms with Crippen LogP contribution in [0.3, 0.4) is 0 Å². The van der Waals surface area contributed by atoms with Crippen LogP contribution in [-0.4, -0.2) is 57.9 Å². The molecule has 3 atom stereocenters. The molecule has 1 saturated carbocycles. The Morgan fingerprint density at radius 3 is 2.85 bits per heavy atom. The second-order valence-corrected chi connectivity index (χ2v) is 7.40. The van der Waals surface area contributed by atoms with Crippen LogP contribution in [-0.2, 0) is 9.53 Å². The first-order valence-corrected chi connectivity index (χ1v) is 9.34. The van der Waals surface area contributed by atoms with Crippen LogP contribution < -0.4 is 5.32 Å². The molecule has 2 aliphatic heterocycles. The van der Waals surface area contributed by atoms with Crippen molar-refractivity contribution >= 4 is 12.0 Å². The van der Waals surface area contributed by atoms with E-state index in [1.54, 1.807) is 4.90 Å². The summed E-state index contributed by atoms with van der Waals surface area (Å²) in [5, 5.41) is 16.0. The van der Waals surface area contributed by atoms with E-state index in [0.29, 0.717) is 37.7 Å². The normalized spacial score (nSPS) is 28.9. The summed E-state index contributed by atoms with van der Waals surface area (Å²) in [6.45, 7) is 1.25. The number of urea groups is 1. The number of aromatic nitrogens is 2. The van der Waals surface area contributed by atoms with Crippen molar-refractivity contribution in [3.8, 4) is 0 Å². The van der Waals surface area contributed by atoms with E-state index in [-0.39, 0.29) is 24.8 Å². The molecule has 2 amide bonds. The maximum absolute atomic E-state index is 12.3. The maximum atomic E-state index is 12.3. The lowest BCUT2D eigenvalue weighted by Crippen LogP contribution is -2.48. The first-order chi connectivity index (χ1) is 12.6. The number of hydrogen-bond donors (Lipinski definition) is 2. The average molecular weight is 364 g/mol. The lowest BCUT2D eigenvalue weighted by atomic mass is 9.99. The number of piperidine rings is 1. The SMILES string of the molecule is O=C(O)C1CCCN(C(=O)NC[C@H]2CC[C@@H](c3nc(C4CC4)no3)O2)C1. The summed E-state index contributed by atoms with van der Waals surface area (Å²) >= 11 is 0. The van der Waals surface area contributed by atoms with Crippen LogP contribution in [0.5, 0.6) is 0 Å². The fourth-order valence-corrected chi connectivity index (χ4v) is 3.60. The fourth-order valence-electron chi connectivity index (χ4n) is 3.60. The largest absolute Gasteiger partial charge is 0.481 e. The second kappa shape index (κ2) is 7.22. The molecule has 0 radical (unpaired) electrons. The first kappa shape index (κ1) is 17.3. The number of ether oxygens (including phenoxy) is 1. The van der Waals surface area contributed by atoms with E-state index in [1.165, 1.54) is 0 Å². The van der Waals surface area contributed by atoms with Gasteiger partial charge in [-0.25, -0.2) is 4.79 Å². The number of likely N-dealkylation sites (tertiary alicyclic amines) is 1. The van der Waals surface area contributed by atoms with Crippen molar-refractivity contribution < 1.29 is 24.0 Å². The van der Waals surface area contributed by atoms with Crippen LogP contribution in [0.15, 0.2) is 4.52 Å². The van der Waals surface area contributed by atoms with Gasteiger partial charge in [-0.05, 0) is 38.5 Å². The standard InChI is InChI=1S/C17H24N4O5/c22-16(23)11-2-1-7-21(9-11)17(24)18-8-12-5-6-13(25-12)15-19-14(20-26-15)10-3-4-10/h10-13H,1-9H2,(H,18,24)(H,22,23)/t11?,12-,13+/m1/s1. The van der Waals surface area contributed by atoms with Crippen molar-refractivity contribution in [3.63, 3.8) is 0 Å². The lowest BCUT2D eigenvalue weighted by Gasteiger charge is -2.31. The van der Waals surface area contributed by atoms with Gasteiger partial charge in [0.15, 0.2) is 5.82 Å². The molecule has 26 heavy (non-hydrogen) atoms. The molecule has 1 unspecified atom stereocenters. The van der Waals surface area contributed by atoms with E-state index >= 15 is 0 Å². The molecule has 1 aromatic heterocycles. The second-order valence-electron chi connectivity index (χ2n) is 7.40. The van der Waals surface area contributed by atoms with Crippen molar-refractivity contribution in [1.29, 1.82) is 0 Å². The highest BCUT2D eigenvalue weighted by atomic mass is 16.5. The van der Waals surface area contributed by atoms with E-state index in [4.69, 9.17) is 14.4 Å². The van der Waals surface area contributed by atoms with Crippen LogP contribution in [0.2, 0.25) is 0 Å². The predicted octanol–water partition coefficient (Wildman–Crippen LogP) is 1.67. The third-order valence-electron chi connectivity index (χ3n) is 5.32. The Hall–Kier alpha value is -2.16. The molecule has 3 heterocycles. The Morgan fingerprint density at radius 1 is 1.23 bits per heavy atom. The van der Waals surface area contributed by atoms with Gasteiger partial charge in [0.05, 0.1) is 12.0 Å². The van der Waals surface area contributed by atoms with Crippen LogP contribution >= 0.6 is 0 Å². The first-order valence-electron chi connectivity index (χ1n) is 9.34. The third kappa shape index (κ3) is 3.82.